The molecule has 7 heteroatoms. The summed E-state index contributed by atoms with van der Waals surface area (Å²) in [6.45, 7) is -0.0818. The Bertz CT molecular complexity index is 450. The summed E-state index contributed by atoms with van der Waals surface area (Å²) in [7, 11) is 0. The Morgan fingerprint density at radius 2 is 1.70 bits per heavy atom. The summed E-state index contributed by atoms with van der Waals surface area (Å²) in [6.07, 6.45) is -2.34. The van der Waals surface area contributed by atoms with Crippen LogP contribution >= 0.6 is 0 Å². The molecule has 0 amide bonds. The molecule has 0 saturated carbocycles. The molecule has 3 atom stereocenters. The number of carboxylic acid groups (broad SMARTS) is 1. The van der Waals surface area contributed by atoms with Gasteiger partial charge in [0.2, 0.25) is 0 Å². The minimum absolute atomic E-state index is 0. The fourth-order valence-corrected chi connectivity index (χ4v) is 2.13. The molecule has 1 saturated heterocycles. The standard InChI is InChI=1S/C13H16O6.Ca.2H/c14-10-6-19-7-11(15)13(10,18)5-8-1-3-9(4-2-8)12(16)17;;;/h1-4,10-11,14-15,18H,5-7H2,(H,16,17);;;/t10-,11+,13-;;;. The summed E-state index contributed by atoms with van der Waals surface area (Å²) in [5.41, 5.74) is -0.903. The van der Waals surface area contributed by atoms with Gasteiger partial charge in [-0.25, -0.2) is 4.79 Å². The van der Waals surface area contributed by atoms with Crippen molar-refractivity contribution in [2.75, 3.05) is 13.2 Å². The monoisotopic (exact) mass is 310 g/mol. The van der Waals surface area contributed by atoms with Crippen molar-refractivity contribution in [1.82, 2.24) is 0 Å². The van der Waals surface area contributed by atoms with Gasteiger partial charge in [0.15, 0.2) is 0 Å². The van der Waals surface area contributed by atoms with Crippen LogP contribution in [0.4, 0.5) is 0 Å². The van der Waals surface area contributed by atoms with Crippen LogP contribution in [0.2, 0.25) is 0 Å². The Morgan fingerprint density at radius 1 is 1.20 bits per heavy atom. The molecule has 4 N–H and O–H groups in total. The summed E-state index contributed by atoms with van der Waals surface area (Å²) in [4.78, 5) is 10.7. The van der Waals surface area contributed by atoms with Crippen LogP contribution in [0.3, 0.4) is 0 Å². The number of aliphatic hydroxyl groups is 3. The molecule has 0 unspecified atom stereocenters. The van der Waals surface area contributed by atoms with E-state index in [9.17, 15) is 20.1 Å². The van der Waals surface area contributed by atoms with Gasteiger partial charge in [0.1, 0.15) is 17.8 Å². The third-order valence-electron chi connectivity index (χ3n) is 3.39. The first-order valence-electron chi connectivity index (χ1n) is 5.92. The fraction of sp³-hybridized carbons (Fsp3) is 0.462. The number of carboxylic acids is 1. The van der Waals surface area contributed by atoms with Crippen LogP contribution in [0.25, 0.3) is 0 Å². The van der Waals surface area contributed by atoms with Crippen molar-refractivity contribution >= 4 is 43.7 Å². The van der Waals surface area contributed by atoms with Crippen molar-refractivity contribution in [2.45, 2.75) is 24.2 Å². The summed E-state index contributed by atoms with van der Waals surface area (Å²) in [5, 5.41) is 38.7. The van der Waals surface area contributed by atoms with Crippen LogP contribution in [0, 0.1) is 0 Å². The van der Waals surface area contributed by atoms with E-state index < -0.39 is 23.8 Å². The third kappa shape index (κ3) is 3.71. The maximum atomic E-state index is 10.7. The molecule has 2 rings (SSSR count). The molecule has 6 nitrogen and oxygen atoms in total. The topological polar surface area (TPSA) is 107 Å². The van der Waals surface area contributed by atoms with Crippen LogP contribution < -0.4 is 0 Å². The molecule has 0 aromatic heterocycles. The van der Waals surface area contributed by atoms with Crippen LogP contribution in [0.5, 0.6) is 0 Å². The van der Waals surface area contributed by atoms with Crippen LogP contribution in [-0.4, -0.2) is 95.2 Å². The Labute approximate surface area is 146 Å². The van der Waals surface area contributed by atoms with E-state index in [1.54, 1.807) is 12.1 Å². The Balaban J connectivity index is 0.00000200. The van der Waals surface area contributed by atoms with Crippen LogP contribution in [0.15, 0.2) is 24.3 Å². The van der Waals surface area contributed by atoms with Crippen molar-refractivity contribution in [3.8, 4) is 0 Å². The first-order valence-corrected chi connectivity index (χ1v) is 5.92. The Morgan fingerprint density at radius 3 is 2.15 bits per heavy atom. The average Bonchev–Trinajstić information content (AvgIpc) is 2.37. The Hall–Kier alpha value is -0.210. The summed E-state index contributed by atoms with van der Waals surface area (Å²) in [6, 6.07) is 5.94. The quantitative estimate of drug-likeness (QED) is 0.506. The van der Waals surface area contributed by atoms with Gasteiger partial charge in [-0.3, -0.25) is 0 Å². The molecule has 1 heterocycles. The fourth-order valence-electron chi connectivity index (χ4n) is 2.13. The number of hydrogen-bond donors (Lipinski definition) is 4. The van der Waals surface area contributed by atoms with Crippen molar-refractivity contribution in [3.63, 3.8) is 0 Å². The zero-order valence-electron chi connectivity index (χ0n) is 10.2. The van der Waals surface area contributed by atoms with Gasteiger partial charge >= 0.3 is 43.7 Å². The number of carbonyl (C=O) groups is 1. The molecule has 1 aliphatic rings. The van der Waals surface area contributed by atoms with Gasteiger partial charge in [-0.2, -0.15) is 0 Å². The number of hydrogen-bond acceptors (Lipinski definition) is 5. The molecular formula is C13H18CaO6. The molecule has 1 fully saturated rings. The van der Waals surface area contributed by atoms with E-state index in [0.717, 1.165) is 0 Å². The predicted octanol–water partition coefficient (Wildman–Crippen LogP) is -1.51. The molecular weight excluding hydrogens is 292 g/mol. The molecule has 1 aromatic carbocycles. The molecule has 20 heavy (non-hydrogen) atoms. The third-order valence-corrected chi connectivity index (χ3v) is 3.39. The van der Waals surface area contributed by atoms with Crippen LogP contribution in [0.1, 0.15) is 15.9 Å². The van der Waals surface area contributed by atoms with Gasteiger partial charge in [-0.15, -0.1) is 0 Å². The predicted molar refractivity (Wildman–Crippen MR) is 73.4 cm³/mol. The molecule has 0 radical (unpaired) electrons. The molecule has 0 spiro atoms. The van der Waals surface area contributed by atoms with Crippen LogP contribution in [-0.2, 0) is 11.2 Å². The van der Waals surface area contributed by atoms with Crippen molar-refractivity contribution in [1.29, 1.82) is 0 Å². The van der Waals surface area contributed by atoms with E-state index in [1.807, 2.05) is 0 Å². The van der Waals surface area contributed by atoms with Gasteiger partial charge in [0, 0.05) is 6.42 Å². The second-order valence-corrected chi connectivity index (χ2v) is 4.74. The van der Waals surface area contributed by atoms with Crippen molar-refractivity contribution < 1.29 is 30.0 Å². The molecule has 0 bridgehead atoms. The van der Waals surface area contributed by atoms with Gasteiger partial charge in [0.25, 0.3) is 0 Å². The first kappa shape index (κ1) is 17.8. The molecule has 1 aliphatic heterocycles. The SMILES string of the molecule is O=C(O)c1ccc(C[C@@]2(O)[C@H](O)COC[C@@H]2O)cc1.[CaH2]. The summed E-state index contributed by atoms with van der Waals surface area (Å²) < 4.78 is 4.94. The zero-order chi connectivity index (χ0) is 14.0. The van der Waals surface area contributed by atoms with Crippen molar-refractivity contribution in [3.05, 3.63) is 35.4 Å². The van der Waals surface area contributed by atoms with Gasteiger partial charge in [-0.05, 0) is 17.7 Å². The summed E-state index contributed by atoms with van der Waals surface area (Å²) in [5.74, 6) is -1.03. The number of ether oxygens (including phenoxy) is 1. The number of aromatic carboxylic acids is 1. The second kappa shape index (κ2) is 7.17. The van der Waals surface area contributed by atoms with E-state index in [1.165, 1.54) is 12.1 Å². The van der Waals surface area contributed by atoms with Gasteiger partial charge < -0.3 is 25.2 Å². The van der Waals surface area contributed by atoms with E-state index in [4.69, 9.17) is 9.84 Å². The van der Waals surface area contributed by atoms with E-state index in [0.29, 0.717) is 5.56 Å². The minimum atomic E-state index is -1.68. The second-order valence-electron chi connectivity index (χ2n) is 4.74. The average molecular weight is 310 g/mol. The molecule has 1 aromatic rings. The normalized spacial score (nSPS) is 29.6. The van der Waals surface area contributed by atoms with E-state index in [2.05, 4.69) is 0 Å². The summed E-state index contributed by atoms with van der Waals surface area (Å²) >= 11 is 0. The molecule has 0 aliphatic carbocycles. The number of rotatable bonds is 3. The maximum absolute atomic E-state index is 10.7. The van der Waals surface area contributed by atoms with Crippen molar-refractivity contribution in [2.24, 2.45) is 0 Å². The first-order chi connectivity index (χ1) is 8.93. The number of aliphatic hydroxyl groups excluding tert-OH is 2. The Kier molecular flexibility index (Phi) is 6.40. The van der Waals surface area contributed by atoms with Gasteiger partial charge in [0.05, 0.1) is 18.8 Å². The van der Waals surface area contributed by atoms with E-state index >= 15 is 0 Å². The number of benzene rings is 1. The van der Waals surface area contributed by atoms with Gasteiger partial charge in [-0.1, -0.05) is 12.1 Å². The van der Waals surface area contributed by atoms with E-state index in [-0.39, 0.29) is 62.9 Å². The molecule has 108 valence electrons. The zero-order valence-corrected chi connectivity index (χ0v) is 10.2.